The van der Waals surface area contributed by atoms with Crippen LogP contribution in [0, 0.1) is 11.3 Å². The van der Waals surface area contributed by atoms with E-state index in [0.717, 1.165) is 12.3 Å². The monoisotopic (exact) mass is 308 g/mol. The van der Waals surface area contributed by atoms with Gasteiger partial charge in [-0.3, -0.25) is 4.79 Å². The average Bonchev–Trinajstić information content (AvgIpc) is 2.46. The van der Waals surface area contributed by atoms with Crippen LogP contribution in [-0.2, 0) is 4.79 Å². The summed E-state index contributed by atoms with van der Waals surface area (Å²) in [5.74, 6) is 7.38. The van der Waals surface area contributed by atoms with Crippen molar-refractivity contribution in [3.8, 4) is 6.07 Å². The molecular weight excluding hydrogens is 296 g/mol. The van der Waals surface area contributed by atoms with E-state index in [1.165, 1.54) is 6.07 Å². The Hall–Kier alpha value is -3.43. The highest BCUT2D eigenvalue weighted by Crippen LogP contribution is 2.28. The summed E-state index contributed by atoms with van der Waals surface area (Å²) in [6.07, 6.45) is 0.929. The zero-order valence-electron chi connectivity index (χ0n) is 11.0. The van der Waals surface area contributed by atoms with Gasteiger partial charge in [0.1, 0.15) is 0 Å². The molecule has 0 aliphatic heterocycles. The summed E-state index contributed by atoms with van der Waals surface area (Å²) in [5, 5.41) is 18.7. The second kappa shape index (κ2) is 6.35. The van der Waals surface area contributed by atoms with Crippen LogP contribution in [0.1, 0.15) is 11.5 Å². The number of nitrogens with zero attached hydrogens (tertiary/aromatic N) is 4. The van der Waals surface area contributed by atoms with Crippen molar-refractivity contribution in [1.82, 2.24) is 4.98 Å². The highest BCUT2D eigenvalue weighted by molar-refractivity contribution is 5.94. The van der Waals surface area contributed by atoms with Crippen LogP contribution in [-0.4, -0.2) is 28.1 Å². The first-order chi connectivity index (χ1) is 10.2. The Labute approximate surface area is 123 Å². The Kier molecular flexibility index (Phi) is 4.80. The van der Waals surface area contributed by atoms with Gasteiger partial charge in [-0.05, 0) is 0 Å². The maximum Gasteiger partial charge on any atom is 0.335 e. The van der Waals surface area contributed by atoms with Crippen molar-refractivity contribution in [2.45, 2.75) is 5.92 Å². The molecule has 1 aromatic rings. The molecule has 1 aromatic heterocycles. The molecule has 0 aliphatic carbocycles. The van der Waals surface area contributed by atoms with Crippen LogP contribution in [0.15, 0.2) is 12.3 Å². The number of carboxylic acid groups (broad SMARTS) is 1. The molecule has 0 bridgehead atoms. The number of hydrogen-bond acceptors (Lipinski definition) is 7. The molecule has 0 saturated carbocycles. The number of nitriles is 1. The van der Waals surface area contributed by atoms with Crippen LogP contribution in [0.3, 0.4) is 0 Å². The van der Waals surface area contributed by atoms with Gasteiger partial charge in [-0.25, -0.2) is 36.3 Å². The van der Waals surface area contributed by atoms with Crippen molar-refractivity contribution < 1.29 is 19.5 Å². The third-order valence-electron chi connectivity index (χ3n) is 2.57. The molecule has 0 spiro atoms. The molecule has 1 unspecified atom stereocenters. The van der Waals surface area contributed by atoms with Crippen LogP contribution >= 0.6 is 0 Å². The Morgan fingerprint density at radius 1 is 1.23 bits per heavy atom. The lowest BCUT2D eigenvalue weighted by atomic mass is 10.0. The van der Waals surface area contributed by atoms with E-state index in [4.69, 9.17) is 33.5 Å². The van der Waals surface area contributed by atoms with E-state index in [1.807, 2.05) is 0 Å². The van der Waals surface area contributed by atoms with Gasteiger partial charge in [0.15, 0.2) is 11.7 Å². The fourth-order valence-electron chi connectivity index (χ4n) is 1.50. The summed E-state index contributed by atoms with van der Waals surface area (Å²) in [6.45, 7) is 0. The Balaban J connectivity index is 3.52. The fourth-order valence-corrected chi connectivity index (χ4v) is 1.50. The quantitative estimate of drug-likeness (QED) is 0.244. The smallest absolute Gasteiger partial charge is 0.335 e. The highest BCUT2D eigenvalue weighted by Gasteiger charge is 2.27. The van der Waals surface area contributed by atoms with Gasteiger partial charge in [-0.1, -0.05) is 0 Å². The second-order valence-corrected chi connectivity index (χ2v) is 3.92. The molecule has 0 saturated heterocycles. The van der Waals surface area contributed by atoms with E-state index < -0.39 is 23.9 Å². The van der Waals surface area contributed by atoms with Crippen molar-refractivity contribution in [2.24, 2.45) is 23.2 Å². The van der Waals surface area contributed by atoms with Crippen molar-refractivity contribution in [3.63, 3.8) is 0 Å². The van der Waals surface area contributed by atoms with Crippen molar-refractivity contribution in [3.05, 3.63) is 17.8 Å². The minimum Gasteiger partial charge on any atom is -0.480 e. The first-order valence-corrected chi connectivity index (χ1v) is 5.51. The molecule has 0 aromatic carbocycles. The predicted octanol–water partition coefficient (Wildman–Crippen LogP) is -1.71. The molecule has 0 radical (unpaired) electrons. The zero-order chi connectivity index (χ0) is 17.0. The van der Waals surface area contributed by atoms with Gasteiger partial charge in [0.2, 0.25) is 0 Å². The summed E-state index contributed by atoms with van der Waals surface area (Å²) in [5.41, 5.74) is 9.51. The molecule has 12 heteroatoms. The SMILES string of the molecule is N#CC(C(=O)O)c1cnc(N(N)C(N)=O)cc1N(N)C(N)=O. The van der Waals surface area contributed by atoms with E-state index in [9.17, 15) is 14.4 Å². The van der Waals surface area contributed by atoms with Crippen LogP contribution in [0.25, 0.3) is 0 Å². The lowest BCUT2D eigenvalue weighted by Gasteiger charge is -2.21. The zero-order valence-corrected chi connectivity index (χ0v) is 11.0. The fraction of sp³-hybridized carbons (Fsp3) is 0.100. The number of hydrazine groups is 2. The van der Waals surface area contributed by atoms with E-state index in [2.05, 4.69) is 4.98 Å². The first-order valence-electron chi connectivity index (χ1n) is 5.51. The molecule has 22 heavy (non-hydrogen) atoms. The van der Waals surface area contributed by atoms with Crippen LogP contribution < -0.4 is 33.2 Å². The van der Waals surface area contributed by atoms with Gasteiger partial charge in [0.05, 0.1) is 11.8 Å². The number of carbonyl (C=O) groups is 3. The number of rotatable bonds is 4. The standard InChI is InChI=1S/C10H12N8O4/c11-2-4(8(19)20)5-3-16-7(18(15)10(13)22)1-6(5)17(14)9(12)21/h1,3-4H,14-15H2,(H2,12,21)(H2,13,22)(H,19,20). The lowest BCUT2D eigenvalue weighted by molar-refractivity contribution is -0.137. The summed E-state index contributed by atoms with van der Waals surface area (Å²) in [7, 11) is 0. The number of hydrogen-bond donors (Lipinski definition) is 5. The molecule has 1 atom stereocenters. The minimum absolute atomic E-state index is 0.210. The maximum atomic E-state index is 11.2. The van der Waals surface area contributed by atoms with E-state index in [0.29, 0.717) is 10.0 Å². The van der Waals surface area contributed by atoms with Crippen molar-refractivity contribution in [1.29, 1.82) is 5.26 Å². The lowest BCUT2D eigenvalue weighted by Crippen LogP contribution is -2.44. The van der Waals surface area contributed by atoms with Crippen molar-refractivity contribution in [2.75, 3.05) is 10.0 Å². The molecular formula is C10H12N8O4. The van der Waals surface area contributed by atoms with Crippen LogP contribution in [0.2, 0.25) is 0 Å². The van der Waals surface area contributed by atoms with Gasteiger partial charge in [0, 0.05) is 17.8 Å². The molecule has 12 nitrogen and oxygen atoms in total. The summed E-state index contributed by atoms with van der Waals surface area (Å²) in [4.78, 5) is 37.0. The number of pyridine rings is 1. The summed E-state index contributed by atoms with van der Waals surface area (Å²) >= 11 is 0. The Morgan fingerprint density at radius 2 is 1.77 bits per heavy atom. The first kappa shape index (κ1) is 16.6. The van der Waals surface area contributed by atoms with Crippen molar-refractivity contribution >= 4 is 29.5 Å². The predicted molar refractivity (Wildman–Crippen MR) is 72.7 cm³/mol. The molecule has 116 valence electrons. The number of urea groups is 2. The van der Waals surface area contributed by atoms with Gasteiger partial charge in [-0.15, -0.1) is 0 Å². The maximum absolute atomic E-state index is 11.2. The van der Waals surface area contributed by atoms with Gasteiger partial charge >= 0.3 is 18.0 Å². The van der Waals surface area contributed by atoms with E-state index >= 15 is 0 Å². The number of amides is 4. The third kappa shape index (κ3) is 3.17. The topological polar surface area (TPSA) is 219 Å². The van der Waals surface area contributed by atoms with Gasteiger partial charge < -0.3 is 16.6 Å². The molecule has 4 amide bonds. The number of aliphatic carboxylic acids is 1. The molecule has 1 heterocycles. The third-order valence-corrected chi connectivity index (χ3v) is 2.57. The number of nitrogens with two attached hydrogens (primary N) is 4. The average molecular weight is 308 g/mol. The van der Waals surface area contributed by atoms with E-state index in [1.54, 1.807) is 0 Å². The largest absolute Gasteiger partial charge is 0.480 e. The number of carboxylic acids is 1. The molecule has 1 rings (SSSR count). The summed E-state index contributed by atoms with van der Waals surface area (Å²) in [6, 6.07) is 0.309. The number of aromatic nitrogens is 1. The van der Waals surface area contributed by atoms with Gasteiger partial charge in [-0.2, -0.15) is 5.26 Å². The second-order valence-electron chi connectivity index (χ2n) is 3.92. The minimum atomic E-state index is -1.67. The Morgan fingerprint density at radius 3 is 2.18 bits per heavy atom. The normalized spacial score (nSPS) is 11.1. The summed E-state index contributed by atoms with van der Waals surface area (Å²) < 4.78 is 0. The number of anilines is 2. The molecule has 9 N–H and O–H groups in total. The van der Waals surface area contributed by atoms with Gasteiger partial charge in [0.25, 0.3) is 0 Å². The number of primary amides is 2. The number of carbonyl (C=O) groups excluding carboxylic acids is 2. The molecule has 0 aliphatic rings. The molecule has 0 fully saturated rings. The van der Waals surface area contributed by atoms with Crippen LogP contribution in [0.5, 0.6) is 0 Å². The van der Waals surface area contributed by atoms with Crippen LogP contribution in [0.4, 0.5) is 21.1 Å². The Bertz CT molecular complexity index is 669. The highest BCUT2D eigenvalue weighted by atomic mass is 16.4. The van der Waals surface area contributed by atoms with E-state index in [-0.39, 0.29) is 17.1 Å².